The minimum absolute atomic E-state index is 0.0923. The monoisotopic (exact) mass is 933 g/mol. The third-order valence-corrected chi connectivity index (χ3v) is 14.9. The summed E-state index contributed by atoms with van der Waals surface area (Å²) in [5.74, 6) is -2.08. The summed E-state index contributed by atoms with van der Waals surface area (Å²) < 4.78 is 46.6. The van der Waals surface area contributed by atoms with Crippen molar-refractivity contribution in [2.45, 2.75) is 198 Å². The van der Waals surface area contributed by atoms with E-state index in [4.69, 9.17) is 33.2 Å². The van der Waals surface area contributed by atoms with Crippen LogP contribution in [0.1, 0.15) is 108 Å². The summed E-state index contributed by atoms with van der Waals surface area (Å²) in [5.41, 5.74) is -6.01. The van der Waals surface area contributed by atoms with E-state index in [0.29, 0.717) is 25.3 Å². The van der Waals surface area contributed by atoms with E-state index < -0.39 is 95.5 Å². The molecule has 1 aromatic heterocycles. The number of carbonyl (C=O) groups is 1. The number of carbonyl (C=O) groups excluding carboxylic acids is 1. The fraction of sp³-hybridized carbons (Fsp3) is 0.800. The van der Waals surface area contributed by atoms with Crippen molar-refractivity contribution >= 4 is 16.7 Å². The maximum atomic E-state index is 14.6. The summed E-state index contributed by atoms with van der Waals surface area (Å²) >= 11 is 0. The van der Waals surface area contributed by atoms with Crippen molar-refractivity contribution in [3.63, 3.8) is 0 Å². The lowest BCUT2D eigenvalue weighted by molar-refractivity contribution is -0.335. The molecule has 6 N–H and O–H groups in total. The number of rotatable bonds is 13. The molecule has 0 aliphatic carbocycles. The quantitative estimate of drug-likeness (QED) is 0.120. The van der Waals surface area contributed by atoms with Crippen molar-refractivity contribution in [3.05, 3.63) is 36.7 Å². The maximum absolute atomic E-state index is 14.6. The van der Waals surface area contributed by atoms with E-state index in [9.17, 15) is 25.2 Å². The largest absolute Gasteiger partial charge is 0.483 e. The molecule has 16 heteroatoms. The first kappa shape index (κ1) is 54.4. The van der Waals surface area contributed by atoms with Gasteiger partial charge >= 0.3 is 5.97 Å². The number of nitrogens with zero attached hydrogens (tertiary/aromatic N) is 2. The van der Waals surface area contributed by atoms with Crippen LogP contribution in [0.25, 0.3) is 10.8 Å². The van der Waals surface area contributed by atoms with Gasteiger partial charge in [-0.2, -0.15) is 0 Å². The molecule has 3 aliphatic heterocycles. The molecule has 3 saturated heterocycles. The molecule has 4 heterocycles. The SMILES string of the molecule is CCCNC[C@]1(O)[C@H](C)O[C@@H](OC2C(C)C(=O)OC(CC)C(C)(O)C(O)C(C)NCC(C)CC(C)(O)C(O[C@@H]3O[C@H](C)C[C@H](N(C)C)[C@H]3Oc3ccc4ccncc4c3)C2C)C[C@@]1(C)OC. The van der Waals surface area contributed by atoms with Crippen LogP contribution in [0.5, 0.6) is 5.75 Å². The summed E-state index contributed by atoms with van der Waals surface area (Å²) in [6.45, 7) is 21.2. The van der Waals surface area contributed by atoms with Gasteiger partial charge < -0.3 is 69.1 Å². The van der Waals surface area contributed by atoms with E-state index in [1.54, 1.807) is 54.1 Å². The Bertz CT molecular complexity index is 1860. The number of hydrogen-bond acceptors (Lipinski definition) is 16. The first-order chi connectivity index (χ1) is 30.9. The van der Waals surface area contributed by atoms with Gasteiger partial charge in [0, 0.05) is 49.8 Å². The lowest BCUT2D eigenvalue weighted by Crippen LogP contribution is -2.70. The van der Waals surface area contributed by atoms with Gasteiger partial charge in [0.2, 0.25) is 0 Å². The number of aliphatic hydroxyl groups excluding tert-OH is 1. The van der Waals surface area contributed by atoms with Crippen molar-refractivity contribution < 1.29 is 58.4 Å². The maximum Gasteiger partial charge on any atom is 0.311 e. The Morgan fingerprint density at radius 3 is 2.32 bits per heavy atom. The van der Waals surface area contributed by atoms with Crippen molar-refractivity contribution in [2.75, 3.05) is 40.8 Å². The predicted molar refractivity (Wildman–Crippen MR) is 252 cm³/mol. The molecule has 10 unspecified atom stereocenters. The van der Waals surface area contributed by atoms with E-state index >= 15 is 0 Å². The van der Waals surface area contributed by atoms with Crippen LogP contribution in [0, 0.1) is 17.8 Å². The molecule has 2 aromatic rings. The van der Waals surface area contributed by atoms with E-state index in [0.717, 1.165) is 17.2 Å². The number of esters is 1. The predicted octanol–water partition coefficient (Wildman–Crippen LogP) is 4.56. The standard InChI is InChI=1S/C50H84N4O12/c1-15-20-52-28-50(59)34(8)62-40(25-48(50,10)60-14)65-41-31(5)44(47(9,57)24-29(3)26-53-33(7)43(55)49(11,58)39(16-2)64-45(56)32(41)6)66-46-42(38(54(12)13)22-30(4)61-46)63-37-18-17-35-19-21-51-27-36(35)23-37/h17-19,21,23,27,29-34,38-44,46,52-53,55,57-59H,15-16,20,22,24-26,28H2,1-14H3/t29?,30-,31?,32?,33?,34+,38+,39?,40+,41?,42-,43?,44?,46+,47?,48-,49?,50+/m1/s1. The Kier molecular flexibility index (Phi) is 18.5. The Morgan fingerprint density at radius 1 is 0.955 bits per heavy atom. The van der Waals surface area contributed by atoms with Crippen LogP contribution in [-0.2, 0) is 33.2 Å². The normalized spacial score (nSPS) is 42.4. The van der Waals surface area contributed by atoms with E-state index in [-0.39, 0.29) is 43.9 Å². The van der Waals surface area contributed by atoms with Crippen LogP contribution in [0.3, 0.4) is 0 Å². The molecule has 0 saturated carbocycles. The number of cyclic esters (lactones) is 1. The van der Waals surface area contributed by atoms with Gasteiger partial charge in [-0.3, -0.25) is 9.78 Å². The highest BCUT2D eigenvalue weighted by Crippen LogP contribution is 2.43. The van der Waals surface area contributed by atoms with E-state index in [1.165, 1.54) is 6.92 Å². The number of pyridine rings is 1. The van der Waals surface area contributed by atoms with Crippen molar-refractivity contribution in [1.29, 1.82) is 0 Å². The van der Waals surface area contributed by atoms with Crippen LogP contribution in [0.15, 0.2) is 36.7 Å². The summed E-state index contributed by atoms with van der Waals surface area (Å²) in [4.78, 5) is 21.0. The molecule has 0 bridgehead atoms. The second-order valence-electron chi connectivity index (χ2n) is 20.7. The number of benzene rings is 1. The third-order valence-electron chi connectivity index (χ3n) is 14.9. The average Bonchev–Trinajstić information content (AvgIpc) is 3.26. The lowest BCUT2D eigenvalue weighted by atomic mass is 9.75. The van der Waals surface area contributed by atoms with Crippen LogP contribution in [-0.4, -0.2) is 167 Å². The van der Waals surface area contributed by atoms with Gasteiger partial charge in [-0.15, -0.1) is 0 Å². The van der Waals surface area contributed by atoms with Gasteiger partial charge in [-0.25, -0.2) is 0 Å². The van der Waals surface area contributed by atoms with Gasteiger partial charge in [-0.1, -0.05) is 33.8 Å². The number of methoxy groups -OCH3 is 1. The molecule has 16 nitrogen and oxygen atoms in total. The van der Waals surface area contributed by atoms with E-state index in [2.05, 4.69) is 20.5 Å². The second kappa shape index (κ2) is 22.4. The molecule has 18 atom stereocenters. The van der Waals surface area contributed by atoms with Crippen molar-refractivity contribution in [2.24, 2.45) is 17.8 Å². The lowest BCUT2D eigenvalue weighted by Gasteiger charge is -2.53. The summed E-state index contributed by atoms with van der Waals surface area (Å²) in [6.07, 6.45) is -2.65. The van der Waals surface area contributed by atoms with E-state index in [1.807, 2.05) is 73.0 Å². The van der Waals surface area contributed by atoms with Crippen molar-refractivity contribution in [1.82, 2.24) is 20.5 Å². The molecular weight excluding hydrogens is 849 g/mol. The van der Waals surface area contributed by atoms with Crippen LogP contribution in [0.2, 0.25) is 0 Å². The average molecular weight is 933 g/mol. The Morgan fingerprint density at radius 2 is 1.67 bits per heavy atom. The highest BCUT2D eigenvalue weighted by Gasteiger charge is 2.58. The van der Waals surface area contributed by atoms with Gasteiger partial charge in [0.25, 0.3) is 0 Å². The number of aromatic nitrogens is 1. The fourth-order valence-corrected chi connectivity index (χ4v) is 10.6. The molecule has 66 heavy (non-hydrogen) atoms. The van der Waals surface area contributed by atoms with Gasteiger partial charge in [-0.05, 0) is 131 Å². The first-order valence-electron chi connectivity index (χ1n) is 24.3. The number of likely N-dealkylation sites (N-methyl/N-ethyl adjacent to an activating group) is 1. The molecule has 0 amide bonds. The molecular formula is C50H84N4O12. The van der Waals surface area contributed by atoms with Crippen LogP contribution >= 0.6 is 0 Å². The molecule has 3 fully saturated rings. The summed E-state index contributed by atoms with van der Waals surface area (Å²) in [5, 5.41) is 57.2. The molecule has 3 aliphatic rings. The number of ether oxygens (including phenoxy) is 7. The highest BCUT2D eigenvalue weighted by atomic mass is 16.7. The first-order valence-corrected chi connectivity index (χ1v) is 24.3. The molecule has 5 rings (SSSR count). The number of aliphatic hydroxyl groups is 4. The second-order valence-corrected chi connectivity index (χ2v) is 20.7. The Balaban J connectivity index is 1.61. The van der Waals surface area contributed by atoms with Gasteiger partial charge in [0.05, 0.1) is 42.0 Å². The van der Waals surface area contributed by atoms with Crippen LogP contribution in [0.4, 0.5) is 0 Å². The number of fused-ring (bicyclic) bond motifs is 1. The van der Waals surface area contributed by atoms with Crippen molar-refractivity contribution in [3.8, 4) is 5.75 Å². The van der Waals surface area contributed by atoms with Crippen LogP contribution < -0.4 is 15.4 Å². The topological polar surface area (TPSA) is 203 Å². The Hall–Kier alpha value is -2.58. The summed E-state index contributed by atoms with van der Waals surface area (Å²) in [7, 11) is 5.54. The molecule has 376 valence electrons. The minimum Gasteiger partial charge on any atom is -0.483 e. The Labute approximate surface area is 393 Å². The highest BCUT2D eigenvalue weighted by molar-refractivity contribution is 5.82. The molecule has 1 aromatic carbocycles. The number of nitrogens with one attached hydrogen (secondary N) is 2. The zero-order chi connectivity index (χ0) is 48.9. The fourth-order valence-electron chi connectivity index (χ4n) is 10.6. The number of hydrogen-bond donors (Lipinski definition) is 6. The molecule has 0 radical (unpaired) electrons. The third kappa shape index (κ3) is 12.0. The zero-order valence-electron chi connectivity index (χ0n) is 42.2. The molecule has 0 spiro atoms. The van der Waals surface area contributed by atoms with Gasteiger partial charge in [0.1, 0.15) is 34.8 Å². The zero-order valence-corrected chi connectivity index (χ0v) is 42.2. The smallest absolute Gasteiger partial charge is 0.311 e. The summed E-state index contributed by atoms with van der Waals surface area (Å²) in [6, 6.07) is 7.00. The van der Waals surface area contributed by atoms with Gasteiger partial charge in [0.15, 0.2) is 18.7 Å². The minimum atomic E-state index is -1.83.